The average Bonchev–Trinajstić information content (AvgIpc) is 2.97. The molecule has 0 N–H and O–H groups in total. The summed E-state index contributed by atoms with van der Waals surface area (Å²) in [5.74, 6) is -0.374. The van der Waals surface area contributed by atoms with Crippen molar-refractivity contribution in [3.8, 4) is 0 Å². The van der Waals surface area contributed by atoms with Gasteiger partial charge in [0, 0.05) is 31.0 Å². The highest BCUT2D eigenvalue weighted by atomic mass is 19.1. The summed E-state index contributed by atoms with van der Waals surface area (Å²) in [6, 6.07) is 4.21. The zero-order valence-corrected chi connectivity index (χ0v) is 13.3. The van der Waals surface area contributed by atoms with Crippen LogP contribution in [-0.4, -0.2) is 47.4 Å². The molecule has 1 aromatic carbocycles. The number of carbonyl (C=O) groups excluding carboxylic acids is 1. The Morgan fingerprint density at radius 2 is 1.78 bits per heavy atom. The zero-order chi connectivity index (χ0) is 16.1. The molecule has 0 spiro atoms. The smallest absolute Gasteiger partial charge is 0.222 e. The highest BCUT2D eigenvalue weighted by molar-refractivity contribution is 5.77. The Balaban J connectivity index is 1.74. The predicted octanol–water partition coefficient (Wildman–Crippen LogP) is 2.76. The Bertz CT molecular complexity index is 607. The van der Waals surface area contributed by atoms with Crippen LogP contribution in [0.5, 0.6) is 0 Å². The van der Waals surface area contributed by atoms with Crippen LogP contribution in [0.2, 0.25) is 0 Å². The van der Waals surface area contributed by atoms with Crippen LogP contribution in [0.25, 0.3) is 0 Å². The lowest BCUT2D eigenvalue weighted by Crippen LogP contribution is -2.60. The molecular weight excluding hydrogens is 298 g/mol. The molecule has 0 saturated carbocycles. The summed E-state index contributed by atoms with van der Waals surface area (Å²) in [5, 5.41) is 0. The Kier molecular flexibility index (Phi) is 3.63. The molecule has 4 aliphatic heterocycles. The quantitative estimate of drug-likeness (QED) is 0.836. The van der Waals surface area contributed by atoms with Crippen LogP contribution >= 0.6 is 0 Å². The highest BCUT2D eigenvalue weighted by Crippen LogP contribution is 2.46. The van der Waals surface area contributed by atoms with Gasteiger partial charge in [0.2, 0.25) is 5.91 Å². The second-order valence-electron chi connectivity index (χ2n) is 7.06. The van der Waals surface area contributed by atoms with E-state index in [1.54, 1.807) is 0 Å². The summed E-state index contributed by atoms with van der Waals surface area (Å²) in [5.41, 5.74) is 0.691. The summed E-state index contributed by atoms with van der Waals surface area (Å²) in [4.78, 5) is 16.8. The molecule has 4 fully saturated rings. The summed E-state index contributed by atoms with van der Waals surface area (Å²) in [7, 11) is 0. The molecule has 4 aliphatic rings. The van der Waals surface area contributed by atoms with E-state index in [0.29, 0.717) is 24.4 Å². The van der Waals surface area contributed by atoms with E-state index in [0.717, 1.165) is 32.0 Å². The van der Waals surface area contributed by atoms with Gasteiger partial charge >= 0.3 is 0 Å². The van der Waals surface area contributed by atoms with E-state index in [2.05, 4.69) is 4.90 Å². The Morgan fingerprint density at radius 1 is 1.13 bits per heavy atom. The number of likely N-dealkylation sites (tertiary alicyclic amines) is 1. The summed E-state index contributed by atoms with van der Waals surface area (Å²) < 4.78 is 27.4. The van der Waals surface area contributed by atoms with Gasteiger partial charge in [-0.25, -0.2) is 8.78 Å². The van der Waals surface area contributed by atoms with Crippen molar-refractivity contribution in [2.75, 3.05) is 19.6 Å². The SMILES string of the molecule is CCC(=O)N1C[C@H](c2cc(F)cc(F)c2)[C@H]2[C@@H]1C1CCN2CC1. The third-order valence-electron chi connectivity index (χ3n) is 5.93. The maximum Gasteiger partial charge on any atom is 0.222 e. The normalized spacial score (nSPS) is 35.4. The number of amides is 1. The molecule has 124 valence electrons. The van der Waals surface area contributed by atoms with Crippen molar-refractivity contribution in [3.63, 3.8) is 0 Å². The Morgan fingerprint density at radius 3 is 2.39 bits per heavy atom. The monoisotopic (exact) mass is 320 g/mol. The van der Waals surface area contributed by atoms with Crippen molar-refractivity contribution >= 4 is 5.91 Å². The molecule has 2 bridgehead atoms. The van der Waals surface area contributed by atoms with E-state index in [1.165, 1.54) is 12.1 Å². The lowest BCUT2D eigenvalue weighted by atomic mass is 9.75. The maximum atomic E-state index is 13.7. The molecule has 4 heterocycles. The first-order valence-corrected chi connectivity index (χ1v) is 8.58. The lowest BCUT2D eigenvalue weighted by molar-refractivity contribution is -0.135. The van der Waals surface area contributed by atoms with E-state index in [4.69, 9.17) is 0 Å². The minimum absolute atomic E-state index is 0.00352. The number of fused-ring (bicyclic) bond motifs is 2. The fourth-order valence-corrected chi connectivity index (χ4v) is 4.99. The highest BCUT2D eigenvalue weighted by Gasteiger charge is 2.54. The lowest BCUT2D eigenvalue weighted by Gasteiger charge is -2.51. The van der Waals surface area contributed by atoms with Crippen LogP contribution in [0.4, 0.5) is 8.78 Å². The van der Waals surface area contributed by atoms with Crippen molar-refractivity contribution in [1.29, 1.82) is 0 Å². The van der Waals surface area contributed by atoms with E-state index in [-0.39, 0.29) is 23.9 Å². The molecule has 0 aromatic heterocycles. The van der Waals surface area contributed by atoms with Gasteiger partial charge in [0.1, 0.15) is 11.6 Å². The molecule has 3 atom stereocenters. The van der Waals surface area contributed by atoms with Gasteiger partial charge in [-0.15, -0.1) is 0 Å². The van der Waals surface area contributed by atoms with E-state index in [1.807, 2.05) is 11.8 Å². The summed E-state index contributed by atoms with van der Waals surface area (Å²) in [6.07, 6.45) is 2.73. The summed E-state index contributed by atoms with van der Waals surface area (Å²) >= 11 is 0. The first-order valence-electron chi connectivity index (χ1n) is 8.58. The second-order valence-corrected chi connectivity index (χ2v) is 7.06. The van der Waals surface area contributed by atoms with Crippen molar-refractivity contribution in [1.82, 2.24) is 9.80 Å². The van der Waals surface area contributed by atoms with Gasteiger partial charge in [-0.05, 0) is 49.5 Å². The van der Waals surface area contributed by atoms with Gasteiger partial charge in [-0.1, -0.05) is 6.92 Å². The van der Waals surface area contributed by atoms with Gasteiger partial charge in [0.05, 0.1) is 6.04 Å². The van der Waals surface area contributed by atoms with Crippen LogP contribution < -0.4 is 0 Å². The van der Waals surface area contributed by atoms with Crippen LogP contribution in [0.1, 0.15) is 37.7 Å². The Labute approximate surface area is 135 Å². The topological polar surface area (TPSA) is 23.6 Å². The molecule has 0 radical (unpaired) electrons. The average molecular weight is 320 g/mol. The third-order valence-corrected chi connectivity index (χ3v) is 5.93. The molecule has 5 heteroatoms. The fourth-order valence-electron chi connectivity index (χ4n) is 4.99. The first-order chi connectivity index (χ1) is 11.1. The van der Waals surface area contributed by atoms with E-state index >= 15 is 0 Å². The van der Waals surface area contributed by atoms with Crippen molar-refractivity contribution in [2.45, 2.75) is 44.2 Å². The van der Waals surface area contributed by atoms with Crippen molar-refractivity contribution in [2.24, 2.45) is 5.92 Å². The van der Waals surface area contributed by atoms with Crippen LogP contribution in [0, 0.1) is 17.6 Å². The van der Waals surface area contributed by atoms with Crippen LogP contribution in [-0.2, 0) is 4.79 Å². The molecular formula is C18H22F2N2O. The standard InChI is InChI=1S/C18H22F2N2O/c1-2-16(23)22-10-15(12-7-13(19)9-14(20)8-12)18-17(22)11-3-5-21(18)6-4-11/h7-9,11,15,17-18H,2-6,10H2,1H3/t15-,17+,18+/m1/s1. The minimum Gasteiger partial charge on any atom is -0.337 e. The molecule has 23 heavy (non-hydrogen) atoms. The van der Waals surface area contributed by atoms with Gasteiger partial charge in [0.25, 0.3) is 0 Å². The molecule has 1 amide bonds. The molecule has 0 unspecified atom stereocenters. The molecule has 4 saturated heterocycles. The van der Waals surface area contributed by atoms with Gasteiger partial charge in [0.15, 0.2) is 0 Å². The minimum atomic E-state index is -0.534. The van der Waals surface area contributed by atoms with Crippen molar-refractivity contribution in [3.05, 3.63) is 35.4 Å². The summed E-state index contributed by atoms with van der Waals surface area (Å²) in [6.45, 7) is 4.54. The van der Waals surface area contributed by atoms with Gasteiger partial charge in [-0.2, -0.15) is 0 Å². The number of benzene rings is 1. The second kappa shape index (κ2) is 5.55. The van der Waals surface area contributed by atoms with Gasteiger partial charge in [-0.3, -0.25) is 9.69 Å². The number of rotatable bonds is 2. The number of hydrogen-bond acceptors (Lipinski definition) is 2. The number of nitrogens with zero attached hydrogens (tertiary/aromatic N) is 2. The molecule has 5 rings (SSSR count). The third kappa shape index (κ3) is 2.36. The predicted molar refractivity (Wildman–Crippen MR) is 83.0 cm³/mol. The molecule has 3 nitrogen and oxygen atoms in total. The van der Waals surface area contributed by atoms with Gasteiger partial charge < -0.3 is 4.90 Å². The van der Waals surface area contributed by atoms with Crippen molar-refractivity contribution < 1.29 is 13.6 Å². The van der Waals surface area contributed by atoms with E-state index in [9.17, 15) is 13.6 Å². The molecule has 0 aliphatic carbocycles. The number of hydrogen-bond donors (Lipinski definition) is 0. The maximum absolute atomic E-state index is 13.7. The first kappa shape index (κ1) is 15.1. The largest absolute Gasteiger partial charge is 0.337 e. The zero-order valence-electron chi connectivity index (χ0n) is 13.3. The fraction of sp³-hybridized carbons (Fsp3) is 0.611. The number of halogens is 2. The van der Waals surface area contributed by atoms with E-state index < -0.39 is 11.6 Å². The number of piperidine rings is 3. The number of carbonyl (C=O) groups is 1. The van der Waals surface area contributed by atoms with Crippen LogP contribution in [0.3, 0.4) is 0 Å². The van der Waals surface area contributed by atoms with Crippen LogP contribution in [0.15, 0.2) is 18.2 Å². The molecule has 1 aromatic rings. The Hall–Kier alpha value is -1.49.